The first kappa shape index (κ1) is 19.9. The second-order valence-corrected chi connectivity index (χ2v) is 6.61. The lowest BCUT2D eigenvalue weighted by atomic mass is 9.97. The van der Waals surface area contributed by atoms with Crippen molar-refractivity contribution < 1.29 is 22.7 Å². The summed E-state index contributed by atoms with van der Waals surface area (Å²) in [5.74, 6) is 0.304. The first-order valence-electron chi connectivity index (χ1n) is 8.91. The maximum atomic E-state index is 12.3. The molecule has 3 rings (SSSR count). The molecule has 9 heteroatoms. The summed E-state index contributed by atoms with van der Waals surface area (Å²) in [7, 11) is 1.59. The van der Waals surface area contributed by atoms with Crippen LogP contribution < -0.4 is 15.0 Å². The van der Waals surface area contributed by atoms with Gasteiger partial charge in [0.1, 0.15) is 24.4 Å². The van der Waals surface area contributed by atoms with Gasteiger partial charge in [0.25, 0.3) is 0 Å². The van der Waals surface area contributed by atoms with Crippen molar-refractivity contribution in [1.82, 2.24) is 15.3 Å². The molecule has 0 saturated carbocycles. The number of alkyl halides is 3. The van der Waals surface area contributed by atoms with E-state index in [0.29, 0.717) is 31.7 Å². The number of rotatable bonds is 5. The highest BCUT2D eigenvalue weighted by molar-refractivity contribution is 5.79. The highest BCUT2D eigenvalue weighted by atomic mass is 19.4. The third-order valence-corrected chi connectivity index (χ3v) is 4.62. The van der Waals surface area contributed by atoms with Crippen LogP contribution in [0.5, 0.6) is 5.75 Å². The molecule has 6 nitrogen and oxygen atoms in total. The molecule has 1 unspecified atom stereocenters. The Morgan fingerprint density at radius 2 is 2.04 bits per heavy atom. The van der Waals surface area contributed by atoms with E-state index in [9.17, 15) is 18.0 Å². The number of anilines is 1. The maximum Gasteiger partial charge on any atom is 0.405 e. The Balaban J connectivity index is 1.70. The van der Waals surface area contributed by atoms with Gasteiger partial charge in [0.15, 0.2) is 0 Å². The number of hydrogen-bond donors (Lipinski definition) is 1. The lowest BCUT2D eigenvalue weighted by Gasteiger charge is -2.33. The fourth-order valence-electron chi connectivity index (χ4n) is 3.17. The maximum absolute atomic E-state index is 12.3. The van der Waals surface area contributed by atoms with Crippen LogP contribution in [0.15, 0.2) is 36.7 Å². The van der Waals surface area contributed by atoms with E-state index in [1.54, 1.807) is 7.11 Å². The average Bonchev–Trinajstić information content (AvgIpc) is 2.72. The van der Waals surface area contributed by atoms with Crippen LogP contribution in [0.2, 0.25) is 0 Å². The summed E-state index contributed by atoms with van der Waals surface area (Å²) < 4.78 is 42.1. The first-order chi connectivity index (χ1) is 13.4. The predicted molar refractivity (Wildman–Crippen MR) is 98.0 cm³/mol. The Morgan fingerprint density at radius 1 is 1.29 bits per heavy atom. The average molecular weight is 394 g/mol. The van der Waals surface area contributed by atoms with Gasteiger partial charge in [-0.05, 0) is 37.1 Å². The number of amides is 1. The minimum atomic E-state index is -4.41. The molecule has 28 heavy (non-hydrogen) atoms. The van der Waals surface area contributed by atoms with Crippen molar-refractivity contribution in [3.05, 3.63) is 36.7 Å². The second-order valence-electron chi connectivity index (χ2n) is 6.61. The third kappa shape index (κ3) is 5.11. The molecule has 1 fully saturated rings. The molecule has 0 aliphatic carbocycles. The normalized spacial score (nSPS) is 17.3. The first-order valence-corrected chi connectivity index (χ1v) is 8.91. The zero-order valence-corrected chi connectivity index (χ0v) is 15.4. The summed E-state index contributed by atoms with van der Waals surface area (Å²) in [5.41, 5.74) is 1.61. The Kier molecular flexibility index (Phi) is 6.01. The van der Waals surface area contributed by atoms with Gasteiger partial charge in [0, 0.05) is 24.7 Å². The second kappa shape index (κ2) is 8.45. The summed E-state index contributed by atoms with van der Waals surface area (Å²) in [6, 6.07) is 9.25. The predicted octanol–water partition coefficient (Wildman–Crippen LogP) is 3.05. The van der Waals surface area contributed by atoms with Gasteiger partial charge >= 0.3 is 6.18 Å². The number of benzene rings is 1. The van der Waals surface area contributed by atoms with E-state index in [-0.39, 0.29) is 0 Å². The molecule has 1 aliphatic heterocycles. The van der Waals surface area contributed by atoms with E-state index in [1.165, 1.54) is 6.33 Å². The minimum absolute atomic E-state index is 0.322. The van der Waals surface area contributed by atoms with Crippen LogP contribution in [-0.4, -0.2) is 48.8 Å². The van der Waals surface area contributed by atoms with Crippen LogP contribution in [0.25, 0.3) is 11.3 Å². The summed E-state index contributed by atoms with van der Waals surface area (Å²) in [6.07, 6.45) is -1.71. The Hall–Kier alpha value is -2.84. The molecule has 2 heterocycles. The number of ether oxygens (including phenoxy) is 1. The van der Waals surface area contributed by atoms with Gasteiger partial charge in [0.05, 0.1) is 18.7 Å². The largest absolute Gasteiger partial charge is 0.497 e. The number of piperidine rings is 1. The monoisotopic (exact) mass is 394 g/mol. The SMILES string of the molecule is COc1ccc(-c2cc(N3CCCC(C(=O)NCC(F)(F)F)C3)ncn2)cc1. The molecule has 1 aromatic heterocycles. The molecule has 0 radical (unpaired) electrons. The topological polar surface area (TPSA) is 67.3 Å². The van der Waals surface area contributed by atoms with Gasteiger partial charge in [-0.1, -0.05) is 0 Å². The minimum Gasteiger partial charge on any atom is -0.497 e. The Morgan fingerprint density at radius 3 is 2.71 bits per heavy atom. The van der Waals surface area contributed by atoms with Crippen molar-refractivity contribution in [2.45, 2.75) is 19.0 Å². The van der Waals surface area contributed by atoms with Crippen molar-refractivity contribution >= 4 is 11.7 Å². The lowest BCUT2D eigenvalue weighted by Crippen LogP contribution is -2.45. The van der Waals surface area contributed by atoms with E-state index in [1.807, 2.05) is 40.5 Å². The molecule has 1 aliphatic rings. The highest BCUT2D eigenvalue weighted by Gasteiger charge is 2.31. The van der Waals surface area contributed by atoms with Gasteiger partial charge in [-0.25, -0.2) is 9.97 Å². The van der Waals surface area contributed by atoms with Crippen LogP contribution in [-0.2, 0) is 4.79 Å². The van der Waals surface area contributed by atoms with Gasteiger partial charge in [0.2, 0.25) is 5.91 Å². The molecular weight excluding hydrogens is 373 g/mol. The number of carbonyl (C=O) groups is 1. The van der Waals surface area contributed by atoms with Crippen LogP contribution in [0.3, 0.4) is 0 Å². The fourth-order valence-corrected chi connectivity index (χ4v) is 3.17. The van der Waals surface area contributed by atoms with E-state index >= 15 is 0 Å². The third-order valence-electron chi connectivity index (χ3n) is 4.62. The number of methoxy groups -OCH3 is 1. The van der Waals surface area contributed by atoms with Gasteiger partial charge in [-0.3, -0.25) is 4.79 Å². The Labute approximate surface area is 160 Å². The molecule has 1 amide bonds. The van der Waals surface area contributed by atoms with Crippen molar-refractivity contribution in [3.8, 4) is 17.0 Å². The number of nitrogens with one attached hydrogen (secondary N) is 1. The fraction of sp³-hybridized carbons (Fsp3) is 0.421. The quantitative estimate of drug-likeness (QED) is 0.844. The summed E-state index contributed by atoms with van der Waals surface area (Å²) in [5, 5.41) is 1.98. The number of carbonyl (C=O) groups excluding carboxylic acids is 1. The van der Waals surface area contributed by atoms with Crippen molar-refractivity contribution in [2.24, 2.45) is 5.92 Å². The summed E-state index contributed by atoms with van der Waals surface area (Å²) in [6.45, 7) is -0.303. The van der Waals surface area contributed by atoms with Gasteiger partial charge in [-0.2, -0.15) is 13.2 Å². The highest BCUT2D eigenvalue weighted by Crippen LogP contribution is 2.26. The zero-order valence-electron chi connectivity index (χ0n) is 15.4. The van der Waals surface area contributed by atoms with Crippen molar-refractivity contribution in [2.75, 3.05) is 31.6 Å². The molecule has 1 saturated heterocycles. The zero-order chi connectivity index (χ0) is 20.1. The Bertz CT molecular complexity index is 812. The number of nitrogens with zero attached hydrogens (tertiary/aromatic N) is 3. The molecule has 150 valence electrons. The lowest BCUT2D eigenvalue weighted by molar-refractivity contribution is -0.140. The molecule has 1 aromatic carbocycles. The number of hydrogen-bond acceptors (Lipinski definition) is 5. The summed E-state index contributed by atoms with van der Waals surface area (Å²) >= 11 is 0. The van der Waals surface area contributed by atoms with E-state index < -0.39 is 24.5 Å². The van der Waals surface area contributed by atoms with Crippen molar-refractivity contribution in [1.29, 1.82) is 0 Å². The molecular formula is C19H21F3N4O2. The van der Waals surface area contributed by atoms with Gasteiger partial charge < -0.3 is 15.0 Å². The molecule has 0 bridgehead atoms. The molecule has 1 atom stereocenters. The van der Waals surface area contributed by atoms with Crippen molar-refractivity contribution in [3.63, 3.8) is 0 Å². The van der Waals surface area contributed by atoms with E-state index in [4.69, 9.17) is 4.74 Å². The van der Waals surface area contributed by atoms with E-state index in [0.717, 1.165) is 17.0 Å². The standard InChI is InChI=1S/C19H21F3N4O2/c1-28-15-6-4-13(5-7-15)16-9-17(25-12-24-16)26-8-2-3-14(10-26)18(27)23-11-19(20,21)22/h4-7,9,12,14H,2-3,8,10-11H2,1H3,(H,23,27). The van der Waals surface area contributed by atoms with Crippen LogP contribution in [0.1, 0.15) is 12.8 Å². The van der Waals surface area contributed by atoms with Crippen LogP contribution in [0, 0.1) is 5.92 Å². The molecule has 1 N–H and O–H groups in total. The van der Waals surface area contributed by atoms with Crippen LogP contribution >= 0.6 is 0 Å². The van der Waals surface area contributed by atoms with Crippen LogP contribution in [0.4, 0.5) is 19.0 Å². The molecule has 2 aromatic rings. The smallest absolute Gasteiger partial charge is 0.405 e. The van der Waals surface area contributed by atoms with E-state index in [2.05, 4.69) is 9.97 Å². The summed E-state index contributed by atoms with van der Waals surface area (Å²) in [4.78, 5) is 22.6. The van der Waals surface area contributed by atoms with Gasteiger partial charge in [-0.15, -0.1) is 0 Å². The molecule has 0 spiro atoms. The number of halogens is 3. The number of aromatic nitrogens is 2.